The van der Waals surface area contributed by atoms with E-state index in [1.165, 1.54) is 12.1 Å². The highest BCUT2D eigenvalue weighted by Gasteiger charge is 2.35. The molecule has 0 unspecified atom stereocenters. The molecule has 8 heteroatoms. The number of carbonyl (C=O) groups is 2. The zero-order valence-electron chi connectivity index (χ0n) is 12.1. The van der Waals surface area contributed by atoms with Crippen LogP contribution in [0.2, 0.25) is 0 Å². The molecule has 1 aromatic carbocycles. The Morgan fingerprint density at radius 1 is 1.41 bits per heavy atom. The normalized spacial score (nSPS) is 21.1. The van der Waals surface area contributed by atoms with E-state index in [9.17, 15) is 18.0 Å². The van der Waals surface area contributed by atoms with Crippen molar-refractivity contribution in [2.24, 2.45) is 5.92 Å². The third-order valence-electron chi connectivity index (χ3n) is 3.90. The number of nitrogens with one attached hydrogen (secondary N) is 2. The lowest BCUT2D eigenvalue weighted by molar-refractivity contribution is -0.122. The van der Waals surface area contributed by atoms with Crippen molar-refractivity contribution in [3.8, 4) is 0 Å². The Kier molecular flexibility index (Phi) is 3.65. The second-order valence-corrected chi connectivity index (χ2v) is 7.31. The van der Waals surface area contributed by atoms with E-state index in [0.29, 0.717) is 5.92 Å². The van der Waals surface area contributed by atoms with Gasteiger partial charge in [0.2, 0.25) is 5.91 Å². The van der Waals surface area contributed by atoms with Gasteiger partial charge in [-0.3, -0.25) is 14.6 Å². The number of nitrogens with zero attached hydrogens (tertiary/aromatic N) is 1. The molecule has 0 saturated heterocycles. The molecule has 1 heterocycles. The number of benzene rings is 1. The van der Waals surface area contributed by atoms with Crippen LogP contribution in [0, 0.1) is 5.92 Å². The summed E-state index contributed by atoms with van der Waals surface area (Å²) >= 11 is 0. The number of hydrogen-bond donors (Lipinski definition) is 2. The third kappa shape index (κ3) is 2.84. The van der Waals surface area contributed by atoms with Crippen molar-refractivity contribution in [3.63, 3.8) is 0 Å². The summed E-state index contributed by atoms with van der Waals surface area (Å²) in [6, 6.07) is 5.97. The van der Waals surface area contributed by atoms with E-state index in [1.54, 1.807) is 12.1 Å². The number of hydrazine groups is 1. The largest absolute Gasteiger partial charge is 0.352 e. The highest BCUT2D eigenvalue weighted by molar-refractivity contribution is 7.89. The Morgan fingerprint density at radius 2 is 2.09 bits per heavy atom. The molecule has 2 amide bonds. The number of hydrogen-bond acceptors (Lipinski definition) is 4. The van der Waals surface area contributed by atoms with Gasteiger partial charge in [0, 0.05) is 6.04 Å². The Hall–Kier alpha value is -1.93. The molecule has 2 aliphatic rings. The van der Waals surface area contributed by atoms with E-state index in [-0.39, 0.29) is 29.0 Å². The van der Waals surface area contributed by atoms with Gasteiger partial charge >= 0.3 is 0 Å². The molecule has 1 saturated carbocycles. The van der Waals surface area contributed by atoms with Gasteiger partial charge in [0.15, 0.2) is 0 Å². The smallest absolute Gasteiger partial charge is 0.270 e. The van der Waals surface area contributed by atoms with Crippen LogP contribution in [-0.2, 0) is 14.8 Å². The lowest BCUT2D eigenvalue weighted by Gasteiger charge is -2.28. The number of rotatable bonds is 4. The van der Waals surface area contributed by atoms with Gasteiger partial charge in [0.25, 0.3) is 15.9 Å². The molecule has 1 aliphatic heterocycles. The minimum atomic E-state index is -3.83. The van der Waals surface area contributed by atoms with Gasteiger partial charge in [-0.05, 0) is 37.8 Å². The van der Waals surface area contributed by atoms with Crippen molar-refractivity contribution in [2.45, 2.75) is 30.7 Å². The maximum atomic E-state index is 12.3. The van der Waals surface area contributed by atoms with Crippen molar-refractivity contribution in [3.05, 3.63) is 29.8 Å². The molecule has 1 fully saturated rings. The fourth-order valence-corrected chi connectivity index (χ4v) is 3.76. The van der Waals surface area contributed by atoms with Crippen molar-refractivity contribution in [2.75, 3.05) is 6.54 Å². The van der Waals surface area contributed by atoms with Crippen LogP contribution in [0.1, 0.15) is 30.1 Å². The minimum Gasteiger partial charge on any atom is -0.352 e. The molecular weight excluding hydrogens is 306 g/mol. The molecule has 0 radical (unpaired) electrons. The maximum absolute atomic E-state index is 12.3. The van der Waals surface area contributed by atoms with E-state index in [1.807, 2.05) is 6.92 Å². The van der Waals surface area contributed by atoms with E-state index >= 15 is 0 Å². The van der Waals surface area contributed by atoms with Crippen molar-refractivity contribution < 1.29 is 18.0 Å². The first-order chi connectivity index (χ1) is 10.4. The van der Waals surface area contributed by atoms with E-state index in [0.717, 1.165) is 17.9 Å². The standard InChI is InChI=1S/C14H17N3O4S/c1-9(10-6-7-10)15-13(18)8-17-14(19)11-4-2-3-5-12(11)22(20,21)16-17/h2-5,9-10,16H,6-8H2,1H3,(H,15,18)/t9-/m1/s1. The van der Waals surface area contributed by atoms with E-state index in [2.05, 4.69) is 10.1 Å². The molecule has 1 atom stereocenters. The monoisotopic (exact) mass is 323 g/mol. The summed E-state index contributed by atoms with van der Waals surface area (Å²) in [4.78, 5) is 26.3. The van der Waals surface area contributed by atoms with Crippen molar-refractivity contribution >= 4 is 21.8 Å². The highest BCUT2D eigenvalue weighted by Crippen LogP contribution is 2.32. The predicted molar refractivity (Wildman–Crippen MR) is 78.1 cm³/mol. The Labute approximate surface area is 128 Å². The van der Waals surface area contributed by atoms with Crippen LogP contribution in [0.4, 0.5) is 0 Å². The summed E-state index contributed by atoms with van der Waals surface area (Å²) in [6.07, 6.45) is 2.17. The van der Waals surface area contributed by atoms with Gasteiger partial charge in [0.1, 0.15) is 6.54 Å². The second kappa shape index (κ2) is 5.36. The SMILES string of the molecule is C[C@@H](NC(=O)CN1NS(=O)(=O)c2ccccc2C1=O)C1CC1. The first-order valence-electron chi connectivity index (χ1n) is 7.11. The fraction of sp³-hybridized carbons (Fsp3) is 0.429. The first-order valence-corrected chi connectivity index (χ1v) is 8.59. The Balaban J connectivity index is 1.75. The van der Waals surface area contributed by atoms with Gasteiger partial charge in [0.05, 0.1) is 10.5 Å². The second-order valence-electron chi connectivity index (χ2n) is 5.68. The summed E-state index contributed by atoms with van der Waals surface area (Å²) in [7, 11) is -3.83. The van der Waals surface area contributed by atoms with Crippen LogP contribution in [0.3, 0.4) is 0 Å². The van der Waals surface area contributed by atoms with Crippen molar-refractivity contribution in [1.29, 1.82) is 0 Å². The van der Waals surface area contributed by atoms with Gasteiger partial charge in [-0.1, -0.05) is 12.1 Å². The number of fused-ring (bicyclic) bond motifs is 1. The van der Waals surface area contributed by atoms with Gasteiger partial charge in [-0.15, -0.1) is 4.83 Å². The van der Waals surface area contributed by atoms with Crippen molar-refractivity contribution in [1.82, 2.24) is 15.2 Å². The highest BCUT2D eigenvalue weighted by atomic mass is 32.2. The van der Waals surface area contributed by atoms with Crippen LogP contribution < -0.4 is 10.1 Å². The van der Waals surface area contributed by atoms with Gasteiger partial charge in [-0.2, -0.15) is 0 Å². The molecule has 1 aliphatic carbocycles. The quantitative estimate of drug-likeness (QED) is 0.830. The van der Waals surface area contributed by atoms with Crippen LogP contribution in [-0.4, -0.2) is 37.8 Å². The van der Waals surface area contributed by atoms with Gasteiger partial charge in [-0.25, -0.2) is 8.42 Å². The molecule has 0 aromatic heterocycles. The summed E-state index contributed by atoms with van der Waals surface area (Å²) in [5.41, 5.74) is 0.0734. The summed E-state index contributed by atoms with van der Waals surface area (Å²) in [5.74, 6) is -0.423. The Bertz CT molecular complexity index is 727. The van der Waals surface area contributed by atoms with Gasteiger partial charge < -0.3 is 5.32 Å². The van der Waals surface area contributed by atoms with Crippen LogP contribution >= 0.6 is 0 Å². The Morgan fingerprint density at radius 3 is 2.77 bits per heavy atom. The predicted octanol–water partition coefficient (Wildman–Crippen LogP) is 0.250. The topological polar surface area (TPSA) is 95.6 Å². The third-order valence-corrected chi connectivity index (χ3v) is 5.30. The lowest BCUT2D eigenvalue weighted by Crippen LogP contribution is -2.54. The zero-order chi connectivity index (χ0) is 15.9. The number of amides is 2. The zero-order valence-corrected chi connectivity index (χ0v) is 12.9. The molecule has 1 aromatic rings. The minimum absolute atomic E-state index is 0.0382. The average molecular weight is 323 g/mol. The van der Waals surface area contributed by atoms with E-state index < -0.39 is 15.9 Å². The number of sulfonamides is 1. The molecule has 3 rings (SSSR count). The maximum Gasteiger partial charge on any atom is 0.270 e. The molecular formula is C14H17N3O4S. The molecule has 7 nitrogen and oxygen atoms in total. The van der Waals surface area contributed by atoms with Crippen LogP contribution in [0.15, 0.2) is 29.2 Å². The first kappa shape index (κ1) is 15.0. The molecule has 118 valence electrons. The summed E-state index contributed by atoms with van der Waals surface area (Å²) in [6.45, 7) is 1.57. The molecule has 0 spiro atoms. The fourth-order valence-electron chi connectivity index (χ4n) is 2.52. The molecule has 22 heavy (non-hydrogen) atoms. The summed E-state index contributed by atoms with van der Waals surface area (Å²) in [5, 5.41) is 3.63. The summed E-state index contributed by atoms with van der Waals surface area (Å²) < 4.78 is 24.2. The molecule has 0 bridgehead atoms. The van der Waals surface area contributed by atoms with E-state index in [4.69, 9.17) is 0 Å². The average Bonchev–Trinajstić information content (AvgIpc) is 3.29. The van der Waals surface area contributed by atoms with Crippen LogP contribution in [0.25, 0.3) is 0 Å². The number of carbonyl (C=O) groups excluding carboxylic acids is 2. The van der Waals surface area contributed by atoms with Crippen LogP contribution in [0.5, 0.6) is 0 Å². The molecule has 2 N–H and O–H groups in total. The lowest BCUT2D eigenvalue weighted by atomic mass is 10.2.